The fourth-order valence-corrected chi connectivity index (χ4v) is 2.06. The summed E-state index contributed by atoms with van der Waals surface area (Å²) in [5.41, 5.74) is 0.983. The number of hydrogen-bond acceptors (Lipinski definition) is 4. The van der Waals surface area contributed by atoms with Crippen LogP contribution in [0.3, 0.4) is 0 Å². The number of amides is 1. The van der Waals surface area contributed by atoms with E-state index in [-0.39, 0.29) is 11.3 Å². The molecule has 1 aromatic carbocycles. The fraction of sp³-hybridized carbons (Fsp3) is 0.429. The summed E-state index contributed by atoms with van der Waals surface area (Å²) in [6.45, 7) is 5.05. The second-order valence-electron chi connectivity index (χ2n) is 4.86. The van der Waals surface area contributed by atoms with Gasteiger partial charge in [0.1, 0.15) is 6.04 Å². The van der Waals surface area contributed by atoms with Gasteiger partial charge in [-0.3, -0.25) is 14.9 Å². The van der Waals surface area contributed by atoms with Crippen LogP contribution in [0.2, 0.25) is 0 Å². The lowest BCUT2D eigenvalue weighted by Gasteiger charge is -2.15. The summed E-state index contributed by atoms with van der Waals surface area (Å²) in [6.07, 6.45) is 0.901. The third-order valence-electron chi connectivity index (χ3n) is 3.17. The molecule has 0 saturated heterocycles. The maximum atomic E-state index is 12.1. The van der Waals surface area contributed by atoms with E-state index in [0.29, 0.717) is 24.0 Å². The highest BCUT2D eigenvalue weighted by atomic mass is 16.6. The topological polar surface area (TPSA) is 110 Å². The van der Waals surface area contributed by atoms with E-state index >= 15 is 0 Å². The molecule has 0 aromatic heterocycles. The van der Waals surface area contributed by atoms with Gasteiger partial charge in [-0.05, 0) is 31.9 Å². The number of carboxylic acid groups (broad SMARTS) is 1. The van der Waals surface area contributed by atoms with Gasteiger partial charge in [-0.25, -0.2) is 4.79 Å². The average molecular weight is 294 g/mol. The molecule has 0 spiro atoms. The number of nitrogens with zero attached hydrogens (tertiary/aromatic N) is 1. The van der Waals surface area contributed by atoms with Crippen LogP contribution in [0.1, 0.15) is 41.3 Å². The van der Waals surface area contributed by atoms with Crippen molar-refractivity contribution in [2.24, 2.45) is 0 Å². The third-order valence-corrected chi connectivity index (χ3v) is 3.17. The Bertz CT molecular complexity index is 583. The van der Waals surface area contributed by atoms with Gasteiger partial charge in [0.25, 0.3) is 11.6 Å². The lowest BCUT2D eigenvalue weighted by molar-refractivity contribution is -0.385. The number of rotatable bonds is 6. The van der Waals surface area contributed by atoms with E-state index in [0.717, 1.165) is 0 Å². The number of aliphatic carboxylic acids is 1. The zero-order valence-electron chi connectivity index (χ0n) is 12.2. The number of carboxylic acids is 1. The minimum atomic E-state index is -1.12. The third kappa shape index (κ3) is 4.01. The van der Waals surface area contributed by atoms with Crippen molar-refractivity contribution < 1.29 is 19.6 Å². The number of benzene rings is 1. The molecule has 0 bridgehead atoms. The van der Waals surface area contributed by atoms with Gasteiger partial charge in [-0.1, -0.05) is 13.3 Å². The number of hydrogen-bond donors (Lipinski definition) is 2. The highest BCUT2D eigenvalue weighted by Crippen LogP contribution is 2.22. The van der Waals surface area contributed by atoms with Gasteiger partial charge in [0, 0.05) is 17.2 Å². The molecule has 0 saturated carbocycles. The molecule has 1 atom stereocenters. The van der Waals surface area contributed by atoms with Crippen molar-refractivity contribution in [3.05, 3.63) is 38.9 Å². The van der Waals surface area contributed by atoms with E-state index in [2.05, 4.69) is 5.32 Å². The Morgan fingerprint density at radius 1 is 1.33 bits per heavy atom. The summed E-state index contributed by atoms with van der Waals surface area (Å²) in [6, 6.07) is 1.73. The monoisotopic (exact) mass is 294 g/mol. The Labute approximate surface area is 122 Å². The zero-order valence-corrected chi connectivity index (χ0v) is 12.2. The van der Waals surface area contributed by atoms with Crippen LogP contribution < -0.4 is 5.32 Å². The first kappa shape index (κ1) is 16.6. The summed E-state index contributed by atoms with van der Waals surface area (Å²) in [4.78, 5) is 33.5. The summed E-state index contributed by atoms with van der Waals surface area (Å²) in [5, 5.41) is 22.4. The molecule has 7 nitrogen and oxygen atoms in total. The molecule has 114 valence electrons. The van der Waals surface area contributed by atoms with Crippen LogP contribution in [-0.2, 0) is 4.79 Å². The van der Waals surface area contributed by atoms with Crippen molar-refractivity contribution in [2.45, 2.75) is 39.7 Å². The lowest BCUT2D eigenvalue weighted by atomic mass is 10.0. The molecule has 0 fully saturated rings. The summed E-state index contributed by atoms with van der Waals surface area (Å²) in [5.74, 6) is -1.74. The highest BCUT2D eigenvalue weighted by Gasteiger charge is 2.23. The van der Waals surface area contributed by atoms with Crippen LogP contribution in [-0.4, -0.2) is 27.9 Å². The molecule has 0 aliphatic carbocycles. The molecule has 7 heteroatoms. The largest absolute Gasteiger partial charge is 0.480 e. The molecule has 2 N–H and O–H groups in total. The van der Waals surface area contributed by atoms with Crippen molar-refractivity contribution in [1.29, 1.82) is 0 Å². The van der Waals surface area contributed by atoms with Gasteiger partial charge in [0.05, 0.1) is 4.92 Å². The average Bonchev–Trinajstić information content (AvgIpc) is 2.37. The van der Waals surface area contributed by atoms with Gasteiger partial charge in [-0.15, -0.1) is 0 Å². The normalized spacial score (nSPS) is 11.8. The van der Waals surface area contributed by atoms with Crippen LogP contribution >= 0.6 is 0 Å². The summed E-state index contributed by atoms with van der Waals surface area (Å²) < 4.78 is 0. The molecule has 0 heterocycles. The second-order valence-corrected chi connectivity index (χ2v) is 4.86. The van der Waals surface area contributed by atoms with E-state index in [4.69, 9.17) is 5.11 Å². The van der Waals surface area contributed by atoms with Gasteiger partial charge in [-0.2, -0.15) is 0 Å². The van der Waals surface area contributed by atoms with E-state index in [9.17, 15) is 19.7 Å². The minimum Gasteiger partial charge on any atom is -0.480 e. The predicted octanol–water partition coefficient (Wildman–Crippen LogP) is 2.19. The first-order chi connectivity index (χ1) is 9.77. The Kier molecular flexibility index (Phi) is 5.40. The van der Waals surface area contributed by atoms with E-state index in [1.165, 1.54) is 6.07 Å². The molecule has 1 aromatic rings. The van der Waals surface area contributed by atoms with Crippen molar-refractivity contribution in [3.63, 3.8) is 0 Å². The van der Waals surface area contributed by atoms with E-state index < -0.39 is 22.8 Å². The molecule has 21 heavy (non-hydrogen) atoms. The molecular weight excluding hydrogens is 276 g/mol. The van der Waals surface area contributed by atoms with Crippen LogP contribution in [0.4, 0.5) is 5.69 Å². The van der Waals surface area contributed by atoms with Crippen molar-refractivity contribution in [3.8, 4) is 0 Å². The maximum Gasteiger partial charge on any atom is 0.326 e. The zero-order chi connectivity index (χ0) is 16.2. The van der Waals surface area contributed by atoms with Crippen LogP contribution in [0.5, 0.6) is 0 Å². The molecule has 0 aliphatic heterocycles. The highest BCUT2D eigenvalue weighted by molar-refractivity contribution is 5.98. The molecule has 0 aliphatic rings. The van der Waals surface area contributed by atoms with Crippen LogP contribution in [0.25, 0.3) is 0 Å². The van der Waals surface area contributed by atoms with Crippen LogP contribution in [0.15, 0.2) is 12.1 Å². The smallest absolute Gasteiger partial charge is 0.326 e. The van der Waals surface area contributed by atoms with Gasteiger partial charge < -0.3 is 10.4 Å². The number of carbonyl (C=O) groups is 2. The second kappa shape index (κ2) is 6.83. The Hall–Kier alpha value is -2.44. The first-order valence-electron chi connectivity index (χ1n) is 6.57. The number of aryl methyl sites for hydroxylation is 2. The Balaban J connectivity index is 3.09. The standard InChI is InChI=1S/C14H18N2O5/c1-4-5-11(14(18)19)15-13(17)10-7-12(16(20)21)9(3)6-8(10)2/h6-7,11H,4-5H2,1-3H3,(H,15,17)(H,18,19). The Morgan fingerprint density at radius 3 is 2.43 bits per heavy atom. The van der Waals surface area contributed by atoms with Crippen molar-refractivity contribution in [1.82, 2.24) is 5.32 Å². The fourth-order valence-electron chi connectivity index (χ4n) is 2.06. The first-order valence-corrected chi connectivity index (χ1v) is 6.57. The minimum absolute atomic E-state index is 0.120. The molecule has 1 amide bonds. The van der Waals surface area contributed by atoms with E-state index in [1.54, 1.807) is 19.9 Å². The van der Waals surface area contributed by atoms with Gasteiger partial charge in [0.2, 0.25) is 0 Å². The maximum absolute atomic E-state index is 12.1. The predicted molar refractivity (Wildman–Crippen MR) is 76.4 cm³/mol. The Morgan fingerprint density at radius 2 is 1.95 bits per heavy atom. The molecular formula is C14H18N2O5. The van der Waals surface area contributed by atoms with E-state index in [1.807, 2.05) is 6.92 Å². The molecule has 0 radical (unpaired) electrons. The summed E-state index contributed by atoms with van der Waals surface area (Å²) in [7, 11) is 0. The summed E-state index contributed by atoms with van der Waals surface area (Å²) >= 11 is 0. The van der Waals surface area contributed by atoms with Crippen LogP contribution in [0, 0.1) is 24.0 Å². The SMILES string of the molecule is CCCC(NC(=O)c1cc([N+](=O)[O-])c(C)cc1C)C(=O)O. The van der Waals surface area contributed by atoms with Gasteiger partial charge >= 0.3 is 5.97 Å². The van der Waals surface area contributed by atoms with Gasteiger partial charge in [0.15, 0.2) is 0 Å². The number of nitrogens with one attached hydrogen (secondary N) is 1. The number of nitro benzene ring substituents is 1. The lowest BCUT2D eigenvalue weighted by Crippen LogP contribution is -2.40. The van der Waals surface area contributed by atoms with Crippen molar-refractivity contribution >= 4 is 17.6 Å². The quantitative estimate of drug-likeness (QED) is 0.617. The molecule has 1 rings (SSSR count). The van der Waals surface area contributed by atoms with Crippen molar-refractivity contribution in [2.75, 3.05) is 0 Å². The number of carbonyl (C=O) groups excluding carboxylic acids is 1. The number of nitro groups is 1. The molecule has 1 unspecified atom stereocenters.